The molecule has 0 spiro atoms. The Bertz CT molecular complexity index is 1260. The lowest BCUT2D eigenvalue weighted by Gasteiger charge is -2.28. The van der Waals surface area contributed by atoms with Crippen LogP contribution in [0.3, 0.4) is 0 Å². The van der Waals surface area contributed by atoms with E-state index >= 15 is 0 Å². The molecule has 1 aliphatic carbocycles. The number of carbonyl (C=O) groups excluding carboxylic acids is 1. The third-order valence-corrected chi connectivity index (χ3v) is 5.99. The first-order valence-corrected chi connectivity index (χ1v) is 10.1. The maximum absolute atomic E-state index is 14.9. The number of aromatic nitrogens is 2. The minimum atomic E-state index is -0.509. The summed E-state index contributed by atoms with van der Waals surface area (Å²) in [5.41, 5.74) is 15.3. The highest BCUT2D eigenvalue weighted by atomic mass is 19.1. The molecule has 2 aromatic heterocycles. The van der Waals surface area contributed by atoms with Gasteiger partial charge in [-0.15, -0.1) is 0 Å². The number of halogens is 1. The molecular weight excluding hydrogens is 393 g/mol. The molecule has 1 fully saturated rings. The Labute approximate surface area is 179 Å². The van der Waals surface area contributed by atoms with Gasteiger partial charge in [0.1, 0.15) is 5.82 Å². The van der Waals surface area contributed by atoms with Crippen LogP contribution in [0.15, 0.2) is 48.4 Å². The number of pyridine rings is 2. The topological polar surface area (TPSA) is 119 Å². The minimum Gasteiger partial charge on any atom is -0.397 e. The molecule has 1 amide bonds. The zero-order chi connectivity index (χ0) is 22.1. The average Bonchev–Trinajstić information content (AvgIpc) is 2.75. The van der Waals surface area contributed by atoms with Crippen LogP contribution in [0.2, 0.25) is 0 Å². The molecule has 4 N–H and O–H groups in total. The van der Waals surface area contributed by atoms with Crippen molar-refractivity contribution in [2.24, 2.45) is 11.7 Å². The van der Waals surface area contributed by atoms with E-state index in [1.807, 2.05) is 13.0 Å². The van der Waals surface area contributed by atoms with E-state index in [2.05, 4.69) is 16.0 Å². The second-order valence-electron chi connectivity index (χ2n) is 7.96. The van der Waals surface area contributed by atoms with Crippen LogP contribution in [0.25, 0.3) is 21.9 Å². The number of anilines is 1. The zero-order valence-corrected chi connectivity index (χ0v) is 17.1. The molecule has 156 valence electrons. The first-order chi connectivity index (χ1) is 14.9. The Hall–Kier alpha value is -3.79. The Morgan fingerprint density at radius 3 is 2.77 bits per heavy atom. The summed E-state index contributed by atoms with van der Waals surface area (Å²) in [7, 11) is 0. The number of nitrogen functional groups attached to an aromatic ring is 1. The average molecular weight is 415 g/mol. The SMILES string of the molecule is Cc1c(N)cncc1-c1cc2cc(C3CC(C#N)CC/C3=C\C(N)=O)ncc2cc1F. The smallest absolute Gasteiger partial charge is 0.241 e. The van der Waals surface area contributed by atoms with Gasteiger partial charge in [0.25, 0.3) is 0 Å². The van der Waals surface area contributed by atoms with Crippen LogP contribution < -0.4 is 11.5 Å². The van der Waals surface area contributed by atoms with Crippen molar-refractivity contribution in [2.45, 2.75) is 32.1 Å². The van der Waals surface area contributed by atoms with Gasteiger partial charge in [-0.1, -0.05) is 5.57 Å². The molecule has 0 radical (unpaired) electrons. The van der Waals surface area contributed by atoms with E-state index in [4.69, 9.17) is 11.5 Å². The molecule has 0 aliphatic heterocycles. The number of nitrogens with zero attached hydrogens (tertiary/aromatic N) is 3. The maximum atomic E-state index is 14.9. The number of hydrogen-bond donors (Lipinski definition) is 2. The van der Waals surface area contributed by atoms with E-state index < -0.39 is 5.91 Å². The van der Waals surface area contributed by atoms with E-state index in [9.17, 15) is 14.4 Å². The van der Waals surface area contributed by atoms with Crippen LogP contribution >= 0.6 is 0 Å². The largest absolute Gasteiger partial charge is 0.397 e. The first kappa shape index (κ1) is 20.5. The number of benzene rings is 1. The van der Waals surface area contributed by atoms with E-state index in [-0.39, 0.29) is 17.7 Å². The minimum absolute atomic E-state index is 0.114. The van der Waals surface area contributed by atoms with Crippen LogP contribution in [0.5, 0.6) is 0 Å². The fourth-order valence-corrected chi connectivity index (χ4v) is 4.24. The fourth-order valence-electron chi connectivity index (χ4n) is 4.24. The van der Waals surface area contributed by atoms with Crippen molar-refractivity contribution in [1.82, 2.24) is 9.97 Å². The van der Waals surface area contributed by atoms with Crippen molar-refractivity contribution in [3.63, 3.8) is 0 Å². The highest BCUT2D eigenvalue weighted by molar-refractivity contribution is 5.89. The Balaban J connectivity index is 1.83. The van der Waals surface area contributed by atoms with Gasteiger partial charge in [-0.25, -0.2) is 4.39 Å². The monoisotopic (exact) mass is 415 g/mol. The van der Waals surface area contributed by atoms with Crippen molar-refractivity contribution in [3.8, 4) is 17.2 Å². The quantitative estimate of drug-likeness (QED) is 0.623. The summed E-state index contributed by atoms with van der Waals surface area (Å²) in [6.45, 7) is 1.83. The van der Waals surface area contributed by atoms with E-state index in [1.54, 1.807) is 24.7 Å². The molecule has 0 saturated heterocycles. The predicted octanol–water partition coefficient (Wildman–Crippen LogP) is 4.15. The Morgan fingerprint density at radius 2 is 2.03 bits per heavy atom. The van der Waals surface area contributed by atoms with Crippen molar-refractivity contribution in [3.05, 3.63) is 65.5 Å². The molecular formula is C24H22FN5O. The van der Waals surface area contributed by atoms with Gasteiger partial charge in [-0.05, 0) is 55.3 Å². The maximum Gasteiger partial charge on any atom is 0.241 e. The van der Waals surface area contributed by atoms with Gasteiger partial charge in [-0.2, -0.15) is 5.26 Å². The zero-order valence-electron chi connectivity index (χ0n) is 17.1. The van der Waals surface area contributed by atoms with Gasteiger partial charge in [0, 0.05) is 52.5 Å². The van der Waals surface area contributed by atoms with E-state index in [0.29, 0.717) is 41.5 Å². The van der Waals surface area contributed by atoms with Crippen LogP contribution in [0.4, 0.5) is 10.1 Å². The normalized spacial score (nSPS) is 20.0. The number of carbonyl (C=O) groups is 1. The van der Waals surface area contributed by atoms with Crippen LogP contribution in [0.1, 0.15) is 36.4 Å². The van der Waals surface area contributed by atoms with Gasteiger partial charge in [-0.3, -0.25) is 14.8 Å². The summed E-state index contributed by atoms with van der Waals surface area (Å²) < 4.78 is 14.9. The van der Waals surface area contributed by atoms with Crippen LogP contribution in [-0.4, -0.2) is 15.9 Å². The van der Waals surface area contributed by atoms with Gasteiger partial charge >= 0.3 is 0 Å². The number of fused-ring (bicyclic) bond motifs is 1. The van der Waals surface area contributed by atoms with Crippen molar-refractivity contribution >= 4 is 22.4 Å². The molecule has 6 nitrogen and oxygen atoms in total. The highest BCUT2D eigenvalue weighted by Gasteiger charge is 2.28. The number of amides is 1. The van der Waals surface area contributed by atoms with Gasteiger partial charge in [0.05, 0.1) is 18.0 Å². The van der Waals surface area contributed by atoms with Crippen molar-refractivity contribution < 1.29 is 9.18 Å². The van der Waals surface area contributed by atoms with E-state index in [1.165, 1.54) is 12.1 Å². The Morgan fingerprint density at radius 1 is 1.23 bits per heavy atom. The second-order valence-corrected chi connectivity index (χ2v) is 7.96. The summed E-state index contributed by atoms with van der Waals surface area (Å²) in [6, 6.07) is 7.43. The number of allylic oxidation sites excluding steroid dienone is 1. The third-order valence-electron chi connectivity index (χ3n) is 5.99. The fraction of sp³-hybridized carbons (Fsp3) is 0.250. The lowest BCUT2D eigenvalue weighted by Crippen LogP contribution is -2.19. The predicted molar refractivity (Wildman–Crippen MR) is 117 cm³/mol. The molecule has 1 saturated carbocycles. The summed E-state index contributed by atoms with van der Waals surface area (Å²) in [5.74, 6) is -1.18. The lowest BCUT2D eigenvalue weighted by molar-refractivity contribution is -0.113. The molecule has 1 aromatic carbocycles. The van der Waals surface area contributed by atoms with Gasteiger partial charge in [0.2, 0.25) is 5.91 Å². The molecule has 0 bridgehead atoms. The molecule has 1 aliphatic rings. The number of nitrogens with two attached hydrogens (primary N) is 2. The standard InChI is InChI=1S/C24H22FN5O/c1-13-20(11-29-12-22(13)27)19-5-16-7-23(30-10-17(16)6-21(19)25)18-4-14(9-26)2-3-15(18)8-24(28)31/h5-8,10-12,14,18H,2-4,27H2,1H3,(H2,28,31)/b15-8+. The molecule has 2 heterocycles. The number of primary amides is 1. The lowest BCUT2D eigenvalue weighted by atomic mass is 9.76. The second kappa shape index (κ2) is 8.15. The number of hydrogen-bond acceptors (Lipinski definition) is 5. The van der Waals surface area contributed by atoms with Crippen LogP contribution in [0, 0.1) is 30.0 Å². The molecule has 3 aromatic rings. The highest BCUT2D eigenvalue weighted by Crippen LogP contribution is 2.40. The van der Waals surface area contributed by atoms with Crippen molar-refractivity contribution in [1.29, 1.82) is 5.26 Å². The van der Waals surface area contributed by atoms with Gasteiger partial charge < -0.3 is 11.5 Å². The molecule has 2 atom stereocenters. The molecule has 7 heteroatoms. The molecule has 2 unspecified atom stereocenters. The molecule has 31 heavy (non-hydrogen) atoms. The third kappa shape index (κ3) is 3.97. The Kier molecular flexibility index (Phi) is 5.38. The van der Waals surface area contributed by atoms with Crippen molar-refractivity contribution in [2.75, 3.05) is 5.73 Å². The molecule has 4 rings (SSSR count). The van der Waals surface area contributed by atoms with E-state index in [0.717, 1.165) is 22.2 Å². The summed E-state index contributed by atoms with van der Waals surface area (Å²) in [4.78, 5) is 20.1. The summed E-state index contributed by atoms with van der Waals surface area (Å²) in [5, 5.41) is 10.9. The summed E-state index contributed by atoms with van der Waals surface area (Å²) >= 11 is 0. The van der Waals surface area contributed by atoms with Gasteiger partial charge in [0.15, 0.2) is 0 Å². The number of nitriles is 1. The summed E-state index contributed by atoms with van der Waals surface area (Å²) in [6.07, 6.45) is 8.10. The first-order valence-electron chi connectivity index (χ1n) is 10.1. The number of rotatable bonds is 3. The van der Waals surface area contributed by atoms with Crippen LogP contribution in [-0.2, 0) is 4.79 Å².